The second-order valence-electron chi connectivity index (χ2n) is 5.95. The molecule has 0 bridgehead atoms. The fourth-order valence-electron chi connectivity index (χ4n) is 3.12. The Bertz CT molecular complexity index is 835. The van der Waals surface area contributed by atoms with E-state index in [1.165, 1.54) is 5.56 Å². The zero-order valence-corrected chi connectivity index (χ0v) is 13.0. The van der Waals surface area contributed by atoms with Crippen LogP contribution in [0, 0.1) is 0 Å². The molecule has 3 aromatic rings. The molecule has 1 fully saturated rings. The van der Waals surface area contributed by atoms with Crippen LogP contribution in [0.3, 0.4) is 0 Å². The summed E-state index contributed by atoms with van der Waals surface area (Å²) in [6, 6.07) is 11.8. The van der Waals surface area contributed by atoms with Crippen molar-refractivity contribution in [1.82, 2.24) is 14.6 Å². The van der Waals surface area contributed by atoms with E-state index in [9.17, 15) is 5.11 Å². The van der Waals surface area contributed by atoms with Gasteiger partial charge in [0.1, 0.15) is 5.82 Å². The van der Waals surface area contributed by atoms with E-state index < -0.39 is 6.10 Å². The largest absolute Gasteiger partial charge is 0.389 e. The first kappa shape index (κ1) is 13.7. The van der Waals surface area contributed by atoms with Crippen molar-refractivity contribution < 1.29 is 5.11 Å². The van der Waals surface area contributed by atoms with Crippen LogP contribution < -0.4 is 0 Å². The highest BCUT2D eigenvalue weighted by Crippen LogP contribution is 2.52. The van der Waals surface area contributed by atoms with E-state index in [2.05, 4.69) is 22.3 Å². The van der Waals surface area contributed by atoms with Crippen LogP contribution in [-0.2, 0) is 5.41 Å². The predicted octanol–water partition coefficient (Wildman–Crippen LogP) is 3.52. The van der Waals surface area contributed by atoms with Crippen LogP contribution >= 0.6 is 11.6 Å². The molecule has 1 unspecified atom stereocenters. The van der Waals surface area contributed by atoms with Gasteiger partial charge in [-0.25, -0.2) is 0 Å². The maximum absolute atomic E-state index is 9.90. The summed E-state index contributed by atoms with van der Waals surface area (Å²) in [6.07, 6.45) is 3.50. The molecule has 0 radical (unpaired) electrons. The van der Waals surface area contributed by atoms with Crippen LogP contribution in [0.5, 0.6) is 0 Å². The van der Waals surface area contributed by atoms with E-state index >= 15 is 0 Å². The van der Waals surface area contributed by atoms with Gasteiger partial charge in [0.05, 0.1) is 11.5 Å². The topological polar surface area (TPSA) is 50.4 Å². The van der Waals surface area contributed by atoms with Gasteiger partial charge in [-0.15, -0.1) is 10.2 Å². The lowest BCUT2D eigenvalue weighted by molar-refractivity contribution is 0.200. The maximum Gasteiger partial charge on any atom is 0.166 e. The van der Waals surface area contributed by atoms with Gasteiger partial charge in [-0.3, -0.25) is 4.40 Å². The molecule has 1 atom stereocenters. The summed E-state index contributed by atoms with van der Waals surface area (Å²) in [6.45, 7) is 1.75. The standard InChI is InChI=1S/C17H16ClN3O/c1-11(22)14-3-2-10-21-15(14)19-20-16(21)17(8-9-17)12-4-6-13(18)7-5-12/h2-7,10-11,22H,8-9H2,1H3. The first-order chi connectivity index (χ1) is 10.6. The number of nitrogens with zero attached hydrogens (tertiary/aromatic N) is 3. The zero-order chi connectivity index (χ0) is 15.3. The van der Waals surface area contributed by atoms with Crippen LogP contribution in [0.4, 0.5) is 0 Å². The van der Waals surface area contributed by atoms with Crippen molar-refractivity contribution in [2.75, 3.05) is 0 Å². The minimum absolute atomic E-state index is 0.0820. The van der Waals surface area contributed by atoms with Gasteiger partial charge in [-0.2, -0.15) is 0 Å². The highest BCUT2D eigenvalue weighted by atomic mass is 35.5. The quantitative estimate of drug-likeness (QED) is 0.805. The fourth-order valence-corrected chi connectivity index (χ4v) is 3.25. The van der Waals surface area contributed by atoms with E-state index in [0.29, 0.717) is 0 Å². The third-order valence-corrected chi connectivity index (χ3v) is 4.74. The van der Waals surface area contributed by atoms with Crippen molar-refractivity contribution in [2.45, 2.75) is 31.3 Å². The minimum atomic E-state index is -0.563. The number of benzene rings is 1. The first-order valence-electron chi connectivity index (χ1n) is 7.40. The number of hydrogen-bond donors (Lipinski definition) is 1. The second kappa shape index (κ2) is 4.80. The number of fused-ring (bicyclic) bond motifs is 1. The Labute approximate surface area is 133 Å². The fraction of sp³-hybridized carbons (Fsp3) is 0.294. The third kappa shape index (κ3) is 1.95. The Balaban J connectivity index is 1.88. The van der Waals surface area contributed by atoms with Gasteiger partial charge in [0.15, 0.2) is 5.65 Å². The van der Waals surface area contributed by atoms with Crippen molar-refractivity contribution in [2.24, 2.45) is 0 Å². The third-order valence-electron chi connectivity index (χ3n) is 4.49. The van der Waals surface area contributed by atoms with Gasteiger partial charge in [0, 0.05) is 16.8 Å². The van der Waals surface area contributed by atoms with Crippen LogP contribution in [-0.4, -0.2) is 19.7 Å². The summed E-state index contributed by atoms with van der Waals surface area (Å²) < 4.78 is 2.00. The van der Waals surface area contributed by atoms with E-state index in [0.717, 1.165) is 34.9 Å². The molecule has 4 nitrogen and oxygen atoms in total. The van der Waals surface area contributed by atoms with E-state index in [1.807, 2.05) is 34.9 Å². The van der Waals surface area contributed by atoms with Gasteiger partial charge in [0.2, 0.25) is 0 Å². The average Bonchev–Trinajstić information content (AvgIpc) is 3.20. The summed E-state index contributed by atoms with van der Waals surface area (Å²) in [4.78, 5) is 0. The number of rotatable bonds is 3. The Kier molecular flexibility index (Phi) is 2.99. The summed E-state index contributed by atoms with van der Waals surface area (Å²) in [5, 5.41) is 19.4. The Morgan fingerprint density at radius 2 is 1.91 bits per heavy atom. The van der Waals surface area contributed by atoms with Gasteiger partial charge in [0.25, 0.3) is 0 Å². The van der Waals surface area contributed by atoms with Gasteiger partial charge in [-0.05, 0) is 43.5 Å². The summed E-state index contributed by atoms with van der Waals surface area (Å²) in [5.41, 5.74) is 2.66. The molecule has 1 aromatic carbocycles. The van der Waals surface area contributed by atoms with Crippen molar-refractivity contribution in [3.05, 3.63) is 64.6 Å². The number of aliphatic hydroxyl groups is 1. The Morgan fingerprint density at radius 1 is 1.18 bits per heavy atom. The monoisotopic (exact) mass is 313 g/mol. The van der Waals surface area contributed by atoms with Crippen LogP contribution in [0.1, 0.15) is 42.8 Å². The maximum atomic E-state index is 9.90. The number of pyridine rings is 1. The summed E-state index contributed by atoms with van der Waals surface area (Å²) in [7, 11) is 0. The zero-order valence-electron chi connectivity index (χ0n) is 12.2. The van der Waals surface area contributed by atoms with E-state index in [-0.39, 0.29) is 5.41 Å². The molecule has 1 saturated carbocycles. The SMILES string of the molecule is CC(O)c1cccn2c(C3(c4ccc(Cl)cc4)CC3)nnc12. The smallest absolute Gasteiger partial charge is 0.166 e. The summed E-state index contributed by atoms with van der Waals surface area (Å²) in [5.74, 6) is 0.937. The molecule has 4 rings (SSSR count). The van der Waals surface area contributed by atoms with Gasteiger partial charge >= 0.3 is 0 Å². The highest BCUT2D eigenvalue weighted by molar-refractivity contribution is 6.30. The van der Waals surface area contributed by atoms with Crippen LogP contribution in [0.2, 0.25) is 5.02 Å². The molecule has 0 saturated heterocycles. The molecule has 0 amide bonds. The summed E-state index contributed by atoms with van der Waals surface area (Å²) >= 11 is 6.00. The van der Waals surface area contributed by atoms with Crippen LogP contribution in [0.25, 0.3) is 5.65 Å². The normalized spacial score (nSPS) is 17.6. The second-order valence-corrected chi connectivity index (χ2v) is 6.38. The number of hydrogen-bond acceptors (Lipinski definition) is 3. The molecule has 2 aromatic heterocycles. The molecule has 112 valence electrons. The Morgan fingerprint density at radius 3 is 2.55 bits per heavy atom. The molecule has 0 spiro atoms. The van der Waals surface area contributed by atoms with Crippen molar-refractivity contribution in [1.29, 1.82) is 0 Å². The number of halogens is 1. The minimum Gasteiger partial charge on any atom is -0.389 e. The molecule has 0 aliphatic heterocycles. The number of aliphatic hydroxyl groups excluding tert-OH is 1. The van der Waals surface area contributed by atoms with E-state index in [1.54, 1.807) is 6.92 Å². The molecule has 22 heavy (non-hydrogen) atoms. The van der Waals surface area contributed by atoms with Gasteiger partial charge < -0.3 is 5.11 Å². The van der Waals surface area contributed by atoms with Crippen molar-refractivity contribution in [3.63, 3.8) is 0 Å². The Hall–Kier alpha value is -1.91. The van der Waals surface area contributed by atoms with Crippen molar-refractivity contribution >= 4 is 17.2 Å². The van der Waals surface area contributed by atoms with E-state index in [4.69, 9.17) is 11.6 Å². The lowest BCUT2D eigenvalue weighted by Crippen LogP contribution is -2.13. The lowest BCUT2D eigenvalue weighted by Gasteiger charge is -2.14. The molecule has 5 heteroatoms. The molecular weight excluding hydrogens is 298 g/mol. The predicted molar refractivity (Wildman–Crippen MR) is 85.1 cm³/mol. The molecule has 2 heterocycles. The lowest BCUT2D eigenvalue weighted by atomic mass is 9.95. The molecule has 1 aliphatic carbocycles. The molecular formula is C17H16ClN3O. The average molecular weight is 314 g/mol. The van der Waals surface area contributed by atoms with Crippen LogP contribution in [0.15, 0.2) is 42.6 Å². The number of aromatic nitrogens is 3. The highest BCUT2D eigenvalue weighted by Gasteiger charge is 2.49. The first-order valence-corrected chi connectivity index (χ1v) is 7.78. The molecule has 1 aliphatic rings. The van der Waals surface area contributed by atoms with Gasteiger partial charge in [-0.1, -0.05) is 29.8 Å². The molecule has 1 N–H and O–H groups in total. The van der Waals surface area contributed by atoms with Crippen molar-refractivity contribution in [3.8, 4) is 0 Å².